The van der Waals surface area contributed by atoms with E-state index in [4.69, 9.17) is 14.2 Å². The minimum atomic E-state index is -0.549. The van der Waals surface area contributed by atoms with Gasteiger partial charge in [0.2, 0.25) is 0 Å². The molecular weight excluding hydrogens is 683 g/mol. The number of non-ortho nitro benzene ring substituents is 2. The smallest absolute Gasteiger partial charge is 0.269 e. The summed E-state index contributed by atoms with van der Waals surface area (Å²) in [7, 11) is 0. The van der Waals surface area contributed by atoms with Crippen LogP contribution in [0.4, 0.5) is 15.8 Å². The van der Waals surface area contributed by atoms with Crippen LogP contribution in [0.15, 0.2) is 97.1 Å². The van der Waals surface area contributed by atoms with Crippen LogP contribution in [0.5, 0.6) is 17.2 Å². The second-order valence-electron chi connectivity index (χ2n) is 13.8. The molecule has 53 heavy (non-hydrogen) atoms. The lowest BCUT2D eigenvalue weighted by atomic mass is 10.1. The third-order valence-corrected chi connectivity index (χ3v) is 8.96. The molecule has 0 saturated carbocycles. The number of hydrogen-bond donors (Lipinski definition) is 1. The second kappa shape index (κ2) is 19.1. The number of nitro groups is 2. The van der Waals surface area contributed by atoms with Gasteiger partial charge < -0.3 is 19.3 Å². The Labute approximate surface area is 310 Å². The van der Waals surface area contributed by atoms with Crippen molar-refractivity contribution < 1.29 is 33.6 Å². The maximum atomic E-state index is 12.5. The van der Waals surface area contributed by atoms with Crippen LogP contribution in [0.1, 0.15) is 37.8 Å². The van der Waals surface area contributed by atoms with Gasteiger partial charge in [-0.1, -0.05) is 36.4 Å². The highest BCUT2D eigenvalue weighted by Gasteiger charge is 2.36. The molecule has 6 rings (SSSR count). The van der Waals surface area contributed by atoms with Crippen molar-refractivity contribution >= 4 is 11.4 Å². The van der Waals surface area contributed by atoms with E-state index in [1.165, 1.54) is 19.1 Å². The van der Waals surface area contributed by atoms with Gasteiger partial charge in [0.25, 0.3) is 11.4 Å². The summed E-state index contributed by atoms with van der Waals surface area (Å²) in [6, 6.07) is 27.8. The molecule has 13 heteroatoms. The molecule has 0 amide bonds. The number of para-hydroxylation sites is 2. The summed E-state index contributed by atoms with van der Waals surface area (Å²) < 4.78 is 30.1. The summed E-state index contributed by atoms with van der Waals surface area (Å²) in [6.45, 7) is 13.8. The van der Waals surface area contributed by atoms with Gasteiger partial charge >= 0.3 is 0 Å². The van der Waals surface area contributed by atoms with E-state index in [2.05, 4.69) is 16.7 Å². The van der Waals surface area contributed by atoms with Crippen molar-refractivity contribution in [2.75, 3.05) is 52.5 Å². The topological polar surface area (TPSA) is 141 Å². The zero-order valence-corrected chi connectivity index (χ0v) is 30.8. The Kier molecular flexibility index (Phi) is 14.7. The first-order valence-electron chi connectivity index (χ1n) is 17.6. The molecule has 0 spiro atoms. The van der Waals surface area contributed by atoms with E-state index in [1.54, 1.807) is 12.1 Å². The maximum absolute atomic E-state index is 12.5. The largest absolute Gasteiger partial charge is 0.492 e. The fourth-order valence-electron chi connectivity index (χ4n) is 6.02. The van der Waals surface area contributed by atoms with Crippen molar-refractivity contribution in [1.82, 2.24) is 9.80 Å². The lowest BCUT2D eigenvalue weighted by Gasteiger charge is -2.27. The standard InChI is InChI=1S/C20H24N2O4.C13H19NO2.C7H6FNO2/c1-16-14-17(22(23)24)8-9-19(16)26-20(2)10-11-21(15-20)12-13-25-18-6-4-3-5-7-18;1-13(15)7-8-14(11-13)9-10-16-12-5-3-2-4-6-12;1-5-4-6(9(10)11)2-3-7(5)8/h3-9,14H,10-13,15H2,1-2H3;2-6,15H,7-11H2,1H3;2-4H,1H3. The minimum absolute atomic E-state index is 0.0797. The summed E-state index contributed by atoms with van der Waals surface area (Å²) in [6.07, 6.45) is 1.77. The monoisotopic (exact) mass is 732 g/mol. The molecule has 2 saturated heterocycles. The van der Waals surface area contributed by atoms with Gasteiger partial charge in [-0.3, -0.25) is 30.0 Å². The van der Waals surface area contributed by atoms with Gasteiger partial charge in [-0.05, 0) is 81.6 Å². The summed E-state index contributed by atoms with van der Waals surface area (Å²) in [5.74, 6) is 2.08. The zero-order chi connectivity index (χ0) is 38.4. The number of aryl methyl sites for hydroxylation is 2. The van der Waals surface area contributed by atoms with Crippen LogP contribution in [-0.4, -0.2) is 88.4 Å². The first-order valence-corrected chi connectivity index (χ1v) is 17.6. The zero-order valence-electron chi connectivity index (χ0n) is 30.8. The first kappa shape index (κ1) is 40.7. The molecule has 0 bridgehead atoms. The van der Waals surface area contributed by atoms with Crippen molar-refractivity contribution in [1.29, 1.82) is 0 Å². The molecule has 2 aliphatic heterocycles. The van der Waals surface area contributed by atoms with Gasteiger partial charge in [0.05, 0.1) is 15.4 Å². The summed E-state index contributed by atoms with van der Waals surface area (Å²) >= 11 is 0. The fourth-order valence-corrected chi connectivity index (χ4v) is 6.02. The van der Waals surface area contributed by atoms with Crippen LogP contribution < -0.4 is 14.2 Å². The predicted octanol–water partition coefficient (Wildman–Crippen LogP) is 7.39. The van der Waals surface area contributed by atoms with E-state index in [0.29, 0.717) is 24.5 Å². The normalized spacial score (nSPS) is 19.7. The molecule has 0 radical (unpaired) electrons. The van der Waals surface area contributed by atoms with Gasteiger partial charge in [0, 0.05) is 70.0 Å². The molecule has 4 aromatic rings. The predicted molar refractivity (Wildman–Crippen MR) is 201 cm³/mol. The first-order chi connectivity index (χ1) is 25.2. The molecule has 1 N–H and O–H groups in total. The van der Waals surface area contributed by atoms with Gasteiger partial charge in [-0.25, -0.2) is 4.39 Å². The van der Waals surface area contributed by atoms with Crippen LogP contribution in [-0.2, 0) is 0 Å². The van der Waals surface area contributed by atoms with Crippen LogP contribution >= 0.6 is 0 Å². The number of hydrogen-bond acceptors (Lipinski definition) is 10. The highest BCUT2D eigenvalue weighted by atomic mass is 19.1. The minimum Gasteiger partial charge on any atom is -0.492 e. The highest BCUT2D eigenvalue weighted by molar-refractivity contribution is 5.43. The van der Waals surface area contributed by atoms with Gasteiger partial charge in [0.1, 0.15) is 41.9 Å². The Morgan fingerprint density at radius 1 is 0.717 bits per heavy atom. The lowest BCUT2D eigenvalue weighted by Crippen LogP contribution is -2.37. The molecule has 12 nitrogen and oxygen atoms in total. The van der Waals surface area contributed by atoms with E-state index in [9.17, 15) is 29.7 Å². The number of β-amino-alcohol motifs (C(OH)–C–C–N with tert-alkyl or cyclic N) is 1. The lowest BCUT2D eigenvalue weighted by molar-refractivity contribution is -0.385. The van der Waals surface area contributed by atoms with Crippen molar-refractivity contribution in [2.24, 2.45) is 0 Å². The van der Waals surface area contributed by atoms with E-state index < -0.39 is 16.3 Å². The van der Waals surface area contributed by atoms with Crippen LogP contribution in [0.2, 0.25) is 0 Å². The Bertz CT molecular complexity index is 1780. The molecular formula is C40H49FN4O8. The highest BCUT2D eigenvalue weighted by Crippen LogP contribution is 2.31. The number of nitro benzene ring substituents is 2. The molecule has 0 aliphatic carbocycles. The number of nitrogens with zero attached hydrogens (tertiary/aromatic N) is 4. The number of aliphatic hydroxyl groups is 1. The Balaban J connectivity index is 0.000000197. The summed E-state index contributed by atoms with van der Waals surface area (Å²) in [5, 5.41) is 30.8. The fraction of sp³-hybridized carbons (Fsp3) is 0.400. The average Bonchev–Trinajstić information content (AvgIpc) is 3.68. The van der Waals surface area contributed by atoms with Crippen LogP contribution in [0.25, 0.3) is 0 Å². The van der Waals surface area contributed by atoms with Crippen LogP contribution in [0, 0.1) is 39.9 Å². The third-order valence-electron chi connectivity index (χ3n) is 8.96. The average molecular weight is 733 g/mol. The van der Waals surface area contributed by atoms with E-state index in [0.717, 1.165) is 81.3 Å². The SMILES string of the molecule is CC1(O)CCN(CCOc2ccccc2)C1.Cc1cc([N+](=O)[O-])ccc1F.Cc1cc([N+](=O)[O-])ccc1OC1(C)CCN(CCOc2ccccc2)C1. The summed E-state index contributed by atoms with van der Waals surface area (Å²) in [4.78, 5) is 24.6. The number of likely N-dealkylation sites (tertiary alicyclic amines) is 2. The quantitative estimate of drug-likeness (QED) is 0.116. The molecule has 2 heterocycles. The van der Waals surface area contributed by atoms with E-state index >= 15 is 0 Å². The molecule has 4 aromatic carbocycles. The van der Waals surface area contributed by atoms with E-state index in [-0.39, 0.29) is 21.9 Å². The molecule has 2 fully saturated rings. The second-order valence-corrected chi connectivity index (χ2v) is 13.8. The molecule has 2 unspecified atom stereocenters. The molecule has 2 aliphatic rings. The maximum Gasteiger partial charge on any atom is 0.269 e. The van der Waals surface area contributed by atoms with Crippen molar-refractivity contribution in [3.8, 4) is 17.2 Å². The van der Waals surface area contributed by atoms with Crippen molar-refractivity contribution in [3.05, 3.63) is 134 Å². The Hall–Kier alpha value is -5.11. The molecule has 2 atom stereocenters. The number of halogens is 1. The number of ether oxygens (including phenoxy) is 3. The van der Waals surface area contributed by atoms with Crippen molar-refractivity contribution in [2.45, 2.75) is 51.7 Å². The van der Waals surface area contributed by atoms with Gasteiger partial charge in [0.15, 0.2) is 0 Å². The van der Waals surface area contributed by atoms with Crippen molar-refractivity contribution in [3.63, 3.8) is 0 Å². The summed E-state index contributed by atoms with van der Waals surface area (Å²) in [5.41, 5.74) is 0.279. The Morgan fingerprint density at radius 2 is 1.21 bits per heavy atom. The van der Waals surface area contributed by atoms with Crippen LogP contribution in [0.3, 0.4) is 0 Å². The molecule has 284 valence electrons. The number of benzene rings is 4. The molecule has 0 aromatic heterocycles. The van der Waals surface area contributed by atoms with E-state index in [1.807, 2.05) is 74.5 Å². The number of rotatable bonds is 12. The van der Waals surface area contributed by atoms with Gasteiger partial charge in [-0.15, -0.1) is 0 Å². The van der Waals surface area contributed by atoms with Gasteiger partial charge in [-0.2, -0.15) is 0 Å². The Morgan fingerprint density at radius 3 is 1.68 bits per heavy atom. The third kappa shape index (κ3) is 13.4.